The first-order valence-corrected chi connectivity index (χ1v) is 7.31. The first-order chi connectivity index (χ1) is 10.3. The Bertz CT molecular complexity index is 788. The summed E-state index contributed by atoms with van der Waals surface area (Å²) in [5.41, 5.74) is 4.03. The highest BCUT2D eigenvalue weighted by atomic mass is 15.4. The number of rotatable bonds is 4. The van der Waals surface area contributed by atoms with Gasteiger partial charge in [-0.15, -0.1) is 5.10 Å². The van der Waals surface area contributed by atoms with Gasteiger partial charge in [-0.05, 0) is 31.9 Å². The number of fused-ring (bicyclic) bond motifs is 1. The van der Waals surface area contributed by atoms with E-state index in [1.807, 2.05) is 36.0 Å². The van der Waals surface area contributed by atoms with Crippen LogP contribution in [-0.2, 0) is 6.54 Å². The summed E-state index contributed by atoms with van der Waals surface area (Å²) in [5, 5.41) is 12.9. The van der Waals surface area contributed by atoms with Gasteiger partial charge in [0.2, 0.25) is 0 Å². The molecule has 0 spiro atoms. The van der Waals surface area contributed by atoms with Crippen molar-refractivity contribution in [1.82, 2.24) is 25.3 Å². The van der Waals surface area contributed by atoms with Crippen LogP contribution in [0.2, 0.25) is 0 Å². The maximum absolute atomic E-state index is 4.67. The maximum Gasteiger partial charge on any atom is 0.0962 e. The van der Waals surface area contributed by atoms with Crippen LogP contribution in [0.3, 0.4) is 0 Å². The maximum atomic E-state index is 4.67. The molecule has 1 aliphatic rings. The second-order valence-corrected chi connectivity index (χ2v) is 5.59. The van der Waals surface area contributed by atoms with Crippen molar-refractivity contribution in [1.29, 1.82) is 0 Å². The quantitative estimate of drug-likeness (QED) is 0.796. The third-order valence-corrected chi connectivity index (χ3v) is 3.84. The lowest BCUT2D eigenvalue weighted by molar-refractivity contribution is 0.647. The third kappa shape index (κ3) is 2.40. The van der Waals surface area contributed by atoms with Gasteiger partial charge in [0.25, 0.3) is 0 Å². The molecule has 3 aromatic rings. The Hall–Kier alpha value is -2.27. The third-order valence-electron chi connectivity index (χ3n) is 3.84. The van der Waals surface area contributed by atoms with Crippen molar-refractivity contribution in [2.24, 2.45) is 0 Å². The van der Waals surface area contributed by atoms with Gasteiger partial charge in [0, 0.05) is 23.7 Å². The molecule has 1 N–H and O–H groups in total. The van der Waals surface area contributed by atoms with Crippen LogP contribution < -0.4 is 5.32 Å². The molecule has 5 heteroatoms. The second-order valence-electron chi connectivity index (χ2n) is 5.59. The van der Waals surface area contributed by atoms with E-state index >= 15 is 0 Å². The predicted molar refractivity (Wildman–Crippen MR) is 81.3 cm³/mol. The number of nitrogens with zero attached hydrogens (tertiary/aromatic N) is 4. The average Bonchev–Trinajstić information content (AvgIpc) is 3.21. The topological polar surface area (TPSA) is 55.6 Å². The summed E-state index contributed by atoms with van der Waals surface area (Å²) in [6.45, 7) is 2.80. The Morgan fingerprint density at radius 2 is 2.14 bits per heavy atom. The zero-order valence-corrected chi connectivity index (χ0v) is 12.0. The highest BCUT2D eigenvalue weighted by Gasteiger charge is 2.21. The highest BCUT2D eigenvalue weighted by molar-refractivity contribution is 5.86. The first kappa shape index (κ1) is 12.5. The number of hydrogen-bond donors (Lipinski definition) is 1. The summed E-state index contributed by atoms with van der Waals surface area (Å²) in [6.07, 6.45) is 4.37. The minimum absolute atomic E-state index is 0.668. The Kier molecular flexibility index (Phi) is 2.93. The molecule has 1 fully saturated rings. The lowest BCUT2D eigenvalue weighted by Gasteiger charge is -2.10. The number of hydrogen-bond acceptors (Lipinski definition) is 4. The summed E-state index contributed by atoms with van der Waals surface area (Å²) in [6, 6.07) is 11.0. The largest absolute Gasteiger partial charge is 0.308 e. The molecule has 21 heavy (non-hydrogen) atoms. The van der Waals surface area contributed by atoms with Crippen LogP contribution in [0.25, 0.3) is 16.6 Å². The SMILES string of the molecule is Cc1ccc2cccc(-n3nncc3CNC3CC3)c2n1. The molecule has 1 aromatic carbocycles. The number of aromatic nitrogens is 4. The first-order valence-electron chi connectivity index (χ1n) is 7.31. The van der Waals surface area contributed by atoms with Crippen LogP contribution in [0.4, 0.5) is 0 Å². The van der Waals surface area contributed by atoms with Crippen LogP contribution in [-0.4, -0.2) is 26.0 Å². The van der Waals surface area contributed by atoms with Gasteiger partial charge < -0.3 is 5.32 Å². The summed E-state index contributed by atoms with van der Waals surface area (Å²) >= 11 is 0. The van der Waals surface area contributed by atoms with Crippen molar-refractivity contribution in [3.8, 4) is 5.69 Å². The van der Waals surface area contributed by atoms with Gasteiger partial charge in [-0.2, -0.15) is 0 Å². The van der Waals surface area contributed by atoms with E-state index in [1.165, 1.54) is 12.8 Å². The number of para-hydroxylation sites is 1. The van der Waals surface area contributed by atoms with Crippen molar-refractivity contribution in [2.45, 2.75) is 32.4 Å². The van der Waals surface area contributed by atoms with E-state index in [9.17, 15) is 0 Å². The Balaban J connectivity index is 1.78. The molecule has 0 atom stereocenters. The number of nitrogens with one attached hydrogen (secondary N) is 1. The molecule has 5 nitrogen and oxygen atoms in total. The lowest BCUT2D eigenvalue weighted by atomic mass is 10.1. The van der Waals surface area contributed by atoms with E-state index in [0.29, 0.717) is 6.04 Å². The van der Waals surface area contributed by atoms with Gasteiger partial charge in [-0.3, -0.25) is 4.98 Å². The monoisotopic (exact) mass is 279 g/mol. The molecule has 2 heterocycles. The molecule has 0 unspecified atom stereocenters. The van der Waals surface area contributed by atoms with Crippen molar-refractivity contribution in [3.63, 3.8) is 0 Å². The molecule has 2 aromatic heterocycles. The van der Waals surface area contributed by atoms with E-state index in [-0.39, 0.29) is 0 Å². The second kappa shape index (κ2) is 4.93. The minimum atomic E-state index is 0.668. The fraction of sp³-hybridized carbons (Fsp3) is 0.312. The Morgan fingerprint density at radius 1 is 1.24 bits per heavy atom. The Morgan fingerprint density at radius 3 is 3.00 bits per heavy atom. The molecule has 1 saturated carbocycles. The predicted octanol–water partition coefficient (Wildman–Crippen LogP) is 2.38. The molecule has 4 rings (SSSR count). The number of pyridine rings is 1. The number of aryl methyl sites for hydroxylation is 1. The fourth-order valence-electron chi connectivity index (χ4n) is 2.52. The molecule has 0 aliphatic heterocycles. The molecular formula is C16H17N5. The van der Waals surface area contributed by atoms with Gasteiger partial charge in [0.05, 0.1) is 23.1 Å². The fourth-order valence-corrected chi connectivity index (χ4v) is 2.52. The molecule has 0 amide bonds. The van der Waals surface area contributed by atoms with Gasteiger partial charge in [0.15, 0.2) is 0 Å². The van der Waals surface area contributed by atoms with Crippen LogP contribution in [0.1, 0.15) is 24.2 Å². The van der Waals surface area contributed by atoms with E-state index in [1.54, 1.807) is 0 Å². The molecular weight excluding hydrogens is 262 g/mol. The molecule has 106 valence electrons. The summed E-state index contributed by atoms with van der Waals surface area (Å²) in [4.78, 5) is 4.67. The van der Waals surface area contributed by atoms with Crippen LogP contribution in [0.5, 0.6) is 0 Å². The van der Waals surface area contributed by atoms with Crippen molar-refractivity contribution in [3.05, 3.63) is 47.9 Å². The molecule has 0 bridgehead atoms. The zero-order valence-electron chi connectivity index (χ0n) is 12.0. The van der Waals surface area contributed by atoms with Gasteiger partial charge in [0.1, 0.15) is 0 Å². The summed E-state index contributed by atoms with van der Waals surface area (Å²) in [5.74, 6) is 0. The summed E-state index contributed by atoms with van der Waals surface area (Å²) in [7, 11) is 0. The number of benzene rings is 1. The van der Waals surface area contributed by atoms with Crippen molar-refractivity contribution in [2.75, 3.05) is 0 Å². The highest BCUT2D eigenvalue weighted by Crippen LogP contribution is 2.22. The Labute approximate surface area is 123 Å². The van der Waals surface area contributed by atoms with E-state index < -0.39 is 0 Å². The zero-order chi connectivity index (χ0) is 14.2. The molecule has 0 radical (unpaired) electrons. The van der Waals surface area contributed by atoms with Gasteiger partial charge in [-0.25, -0.2) is 4.68 Å². The van der Waals surface area contributed by atoms with Crippen LogP contribution in [0, 0.1) is 6.92 Å². The van der Waals surface area contributed by atoms with E-state index in [2.05, 4.69) is 32.7 Å². The molecule has 0 saturated heterocycles. The van der Waals surface area contributed by atoms with Crippen molar-refractivity contribution < 1.29 is 0 Å². The minimum Gasteiger partial charge on any atom is -0.308 e. The lowest BCUT2D eigenvalue weighted by Crippen LogP contribution is -2.18. The van der Waals surface area contributed by atoms with E-state index in [4.69, 9.17) is 0 Å². The smallest absolute Gasteiger partial charge is 0.0962 e. The average molecular weight is 279 g/mol. The standard InChI is InChI=1S/C16H17N5/c1-11-5-6-12-3-2-4-15(16(12)19-11)21-14(10-18-20-21)9-17-13-7-8-13/h2-6,10,13,17H,7-9H2,1H3. The van der Waals surface area contributed by atoms with Crippen LogP contribution >= 0.6 is 0 Å². The normalized spacial score (nSPS) is 14.7. The molecule has 1 aliphatic carbocycles. The van der Waals surface area contributed by atoms with Crippen molar-refractivity contribution >= 4 is 10.9 Å². The van der Waals surface area contributed by atoms with Crippen LogP contribution in [0.15, 0.2) is 36.5 Å². The summed E-state index contributed by atoms with van der Waals surface area (Å²) < 4.78 is 1.89. The van der Waals surface area contributed by atoms with Gasteiger partial charge in [-0.1, -0.05) is 23.4 Å². The van der Waals surface area contributed by atoms with Gasteiger partial charge >= 0.3 is 0 Å². The van der Waals surface area contributed by atoms with E-state index in [0.717, 1.165) is 34.5 Å².